The minimum Gasteiger partial charge on any atom is -0.382 e. The normalized spacial score (nSPS) is 18.6. The summed E-state index contributed by atoms with van der Waals surface area (Å²) in [4.78, 5) is 41.3. The van der Waals surface area contributed by atoms with Crippen LogP contribution in [0.15, 0.2) is 30.3 Å². The predicted molar refractivity (Wildman–Crippen MR) is 104 cm³/mol. The van der Waals surface area contributed by atoms with Gasteiger partial charge in [-0.15, -0.1) is 0 Å². The number of rotatable bonds is 7. The molecular formula is C21H29N3O4. The number of methoxy groups -OCH3 is 1. The summed E-state index contributed by atoms with van der Waals surface area (Å²) < 4.78 is 5.31. The van der Waals surface area contributed by atoms with Crippen LogP contribution in [0.3, 0.4) is 0 Å². The molecule has 2 fully saturated rings. The van der Waals surface area contributed by atoms with Gasteiger partial charge >= 0.3 is 6.03 Å². The number of nitrogens with zero attached hydrogens (tertiary/aromatic N) is 2. The fourth-order valence-corrected chi connectivity index (χ4v) is 4.19. The highest BCUT2D eigenvalue weighted by Crippen LogP contribution is 2.35. The second-order valence-electron chi connectivity index (χ2n) is 8.32. The van der Waals surface area contributed by atoms with Crippen molar-refractivity contribution < 1.29 is 19.1 Å². The lowest BCUT2D eigenvalue weighted by Gasteiger charge is -2.39. The van der Waals surface area contributed by atoms with E-state index < -0.39 is 17.1 Å². The van der Waals surface area contributed by atoms with Gasteiger partial charge in [0.2, 0.25) is 5.91 Å². The molecule has 0 unspecified atom stereocenters. The van der Waals surface area contributed by atoms with Crippen LogP contribution in [0.4, 0.5) is 4.79 Å². The highest BCUT2D eigenvalue weighted by atomic mass is 16.5. The third kappa shape index (κ3) is 3.90. The largest absolute Gasteiger partial charge is 0.382 e. The second kappa shape index (κ2) is 7.91. The average Bonchev–Trinajstić information content (AvgIpc) is 3.21. The van der Waals surface area contributed by atoms with Crippen molar-refractivity contribution in [1.29, 1.82) is 0 Å². The van der Waals surface area contributed by atoms with Crippen molar-refractivity contribution in [2.24, 2.45) is 0 Å². The molecule has 7 nitrogen and oxygen atoms in total. The van der Waals surface area contributed by atoms with Crippen molar-refractivity contribution in [3.05, 3.63) is 35.9 Å². The van der Waals surface area contributed by atoms with E-state index in [1.807, 2.05) is 44.2 Å². The summed E-state index contributed by atoms with van der Waals surface area (Å²) in [5, 5.41) is 2.83. The van der Waals surface area contributed by atoms with Crippen molar-refractivity contribution in [3.8, 4) is 0 Å². The Morgan fingerprint density at radius 2 is 1.86 bits per heavy atom. The molecule has 2 aliphatic rings. The minimum atomic E-state index is -0.802. The summed E-state index contributed by atoms with van der Waals surface area (Å²) in [5.74, 6) is -0.544. The van der Waals surface area contributed by atoms with Crippen molar-refractivity contribution in [1.82, 2.24) is 15.1 Å². The predicted octanol–water partition coefficient (Wildman–Crippen LogP) is 2.30. The van der Waals surface area contributed by atoms with Gasteiger partial charge in [-0.3, -0.25) is 14.5 Å². The zero-order valence-electron chi connectivity index (χ0n) is 16.9. The number of carbonyl (C=O) groups is 3. The molecule has 3 rings (SSSR count). The van der Waals surface area contributed by atoms with Gasteiger partial charge in [-0.05, 0) is 32.3 Å². The Balaban J connectivity index is 1.79. The van der Waals surface area contributed by atoms with Crippen LogP contribution in [0, 0.1) is 0 Å². The van der Waals surface area contributed by atoms with E-state index in [-0.39, 0.29) is 18.4 Å². The van der Waals surface area contributed by atoms with Crippen LogP contribution in [-0.4, -0.2) is 59.0 Å². The smallest absolute Gasteiger partial charge is 0.325 e. The molecule has 1 saturated carbocycles. The summed E-state index contributed by atoms with van der Waals surface area (Å²) in [5.41, 5.74) is -0.417. The first-order chi connectivity index (χ1) is 13.3. The zero-order chi connectivity index (χ0) is 20.4. The number of amides is 4. The van der Waals surface area contributed by atoms with Crippen LogP contribution in [0.25, 0.3) is 0 Å². The monoisotopic (exact) mass is 387 g/mol. The maximum atomic E-state index is 13.2. The molecule has 1 aliphatic heterocycles. The molecule has 1 aliphatic carbocycles. The number of urea groups is 1. The van der Waals surface area contributed by atoms with E-state index in [9.17, 15) is 14.4 Å². The first kappa shape index (κ1) is 20.3. The van der Waals surface area contributed by atoms with Gasteiger partial charge < -0.3 is 15.0 Å². The summed E-state index contributed by atoms with van der Waals surface area (Å²) in [6.45, 7) is 4.30. The van der Waals surface area contributed by atoms with Gasteiger partial charge in [-0.1, -0.05) is 43.2 Å². The quantitative estimate of drug-likeness (QED) is 0.728. The average molecular weight is 387 g/mol. The molecule has 0 bridgehead atoms. The number of imide groups is 1. The van der Waals surface area contributed by atoms with E-state index in [1.54, 1.807) is 12.0 Å². The molecule has 0 aromatic heterocycles. The third-order valence-corrected chi connectivity index (χ3v) is 5.71. The zero-order valence-corrected chi connectivity index (χ0v) is 16.9. The van der Waals surface area contributed by atoms with Gasteiger partial charge in [0.05, 0.1) is 12.1 Å². The van der Waals surface area contributed by atoms with E-state index in [2.05, 4.69) is 5.32 Å². The van der Waals surface area contributed by atoms with Gasteiger partial charge in [0.1, 0.15) is 12.1 Å². The van der Waals surface area contributed by atoms with Crippen LogP contribution in [0.5, 0.6) is 0 Å². The van der Waals surface area contributed by atoms with E-state index in [1.165, 1.54) is 0 Å². The Labute approximate surface area is 166 Å². The van der Waals surface area contributed by atoms with Crippen LogP contribution >= 0.6 is 0 Å². The molecule has 7 heteroatoms. The Morgan fingerprint density at radius 3 is 2.46 bits per heavy atom. The summed E-state index contributed by atoms with van der Waals surface area (Å²) in [6.07, 6.45) is 3.11. The standard InChI is InChI=1S/C21H29N3O4/c1-20(2,15-28-3)24(13-16-9-5-4-6-10-16)17(25)14-23-18(26)21(22-19(23)27)11-7-8-12-21/h4-6,9-10H,7-8,11-15H2,1-3H3,(H,22,27). The number of nitrogens with one attached hydrogen (secondary N) is 1. The molecule has 1 spiro atoms. The molecule has 1 N–H and O–H groups in total. The van der Waals surface area contributed by atoms with Crippen molar-refractivity contribution in [2.45, 2.75) is 57.2 Å². The lowest BCUT2D eigenvalue weighted by Crippen LogP contribution is -2.54. The number of ether oxygens (including phenoxy) is 1. The Bertz CT molecular complexity index is 741. The van der Waals surface area contributed by atoms with Crippen LogP contribution < -0.4 is 5.32 Å². The fraction of sp³-hybridized carbons (Fsp3) is 0.571. The van der Waals surface area contributed by atoms with Gasteiger partial charge in [-0.2, -0.15) is 0 Å². The maximum absolute atomic E-state index is 13.2. The molecule has 1 aromatic carbocycles. The Hall–Kier alpha value is -2.41. The minimum absolute atomic E-state index is 0.258. The van der Waals surface area contributed by atoms with Crippen LogP contribution in [0.2, 0.25) is 0 Å². The molecule has 1 saturated heterocycles. The third-order valence-electron chi connectivity index (χ3n) is 5.71. The summed E-state index contributed by atoms with van der Waals surface area (Å²) >= 11 is 0. The molecule has 1 heterocycles. The molecule has 0 radical (unpaired) electrons. The van der Waals surface area contributed by atoms with Crippen molar-refractivity contribution in [2.75, 3.05) is 20.3 Å². The molecule has 0 atom stereocenters. The van der Waals surface area contributed by atoms with Gasteiger partial charge in [-0.25, -0.2) is 4.79 Å². The molecule has 152 valence electrons. The topological polar surface area (TPSA) is 79.0 Å². The van der Waals surface area contributed by atoms with Gasteiger partial charge in [0, 0.05) is 13.7 Å². The molecule has 4 amide bonds. The van der Waals surface area contributed by atoms with E-state index in [4.69, 9.17) is 4.74 Å². The Morgan fingerprint density at radius 1 is 1.21 bits per heavy atom. The van der Waals surface area contributed by atoms with Gasteiger partial charge in [0.15, 0.2) is 0 Å². The van der Waals surface area contributed by atoms with Crippen molar-refractivity contribution in [3.63, 3.8) is 0 Å². The van der Waals surface area contributed by atoms with Crippen LogP contribution in [0.1, 0.15) is 45.1 Å². The van der Waals surface area contributed by atoms with Crippen molar-refractivity contribution >= 4 is 17.8 Å². The molecular weight excluding hydrogens is 358 g/mol. The van der Waals surface area contributed by atoms with E-state index in [0.29, 0.717) is 26.0 Å². The molecule has 28 heavy (non-hydrogen) atoms. The van der Waals surface area contributed by atoms with Gasteiger partial charge in [0.25, 0.3) is 5.91 Å². The summed E-state index contributed by atoms with van der Waals surface area (Å²) in [7, 11) is 1.59. The second-order valence-corrected chi connectivity index (χ2v) is 8.32. The lowest BCUT2D eigenvalue weighted by molar-refractivity contribution is -0.144. The highest BCUT2D eigenvalue weighted by molar-refractivity contribution is 6.09. The lowest BCUT2D eigenvalue weighted by atomic mass is 9.98. The number of hydrogen-bond acceptors (Lipinski definition) is 4. The number of carbonyl (C=O) groups excluding carboxylic acids is 3. The highest BCUT2D eigenvalue weighted by Gasteiger charge is 2.53. The molecule has 1 aromatic rings. The number of benzene rings is 1. The van der Waals surface area contributed by atoms with Crippen LogP contribution in [-0.2, 0) is 20.9 Å². The first-order valence-electron chi connectivity index (χ1n) is 9.76. The SMILES string of the molecule is COCC(C)(C)N(Cc1ccccc1)C(=O)CN1C(=O)NC2(CCCC2)C1=O. The fourth-order valence-electron chi connectivity index (χ4n) is 4.19. The Kier molecular flexibility index (Phi) is 5.74. The first-order valence-corrected chi connectivity index (χ1v) is 9.76. The van der Waals surface area contributed by atoms with E-state index >= 15 is 0 Å². The van der Waals surface area contributed by atoms with E-state index in [0.717, 1.165) is 23.3 Å². The number of hydrogen-bond donors (Lipinski definition) is 1. The maximum Gasteiger partial charge on any atom is 0.325 e. The summed E-state index contributed by atoms with van der Waals surface area (Å²) in [6, 6.07) is 9.19.